The Morgan fingerprint density at radius 2 is 2.16 bits per heavy atom. The summed E-state index contributed by atoms with van der Waals surface area (Å²) < 4.78 is 14.9. The van der Waals surface area contributed by atoms with E-state index in [1.165, 1.54) is 18.0 Å². The molecular weight excluding hydrogens is 270 g/mol. The maximum absolute atomic E-state index is 11.5. The number of nitrogens with zero attached hydrogens (tertiary/aromatic N) is 2. The molecule has 106 valence electrons. The van der Waals surface area contributed by atoms with Crippen molar-refractivity contribution in [3.05, 3.63) is 11.8 Å². The number of carbonyl (C=O) groups excluding carboxylic acids is 1. The van der Waals surface area contributed by atoms with Gasteiger partial charge in [0.25, 0.3) is 0 Å². The first-order valence-electron chi connectivity index (χ1n) is 5.60. The summed E-state index contributed by atoms with van der Waals surface area (Å²) in [7, 11) is 3.10. The Balaban J connectivity index is 2.68. The number of nitrogens with two attached hydrogens (primary N) is 1. The van der Waals surface area contributed by atoms with Gasteiger partial charge in [0.1, 0.15) is 11.4 Å². The number of anilines is 1. The van der Waals surface area contributed by atoms with Gasteiger partial charge in [-0.15, -0.1) is 0 Å². The lowest BCUT2D eigenvalue weighted by atomic mass is 10.3. The van der Waals surface area contributed by atoms with E-state index in [4.69, 9.17) is 19.9 Å². The molecule has 1 rings (SSSR count). The maximum Gasteiger partial charge on any atom is 0.343 e. The second-order valence-corrected chi connectivity index (χ2v) is 4.37. The molecule has 1 aromatic rings. The molecule has 2 N–H and O–H groups in total. The molecule has 19 heavy (non-hydrogen) atoms. The van der Waals surface area contributed by atoms with E-state index in [0.717, 1.165) is 0 Å². The fourth-order valence-electron chi connectivity index (χ4n) is 1.19. The van der Waals surface area contributed by atoms with Crippen molar-refractivity contribution in [2.45, 2.75) is 18.4 Å². The Hall–Kier alpha value is -1.38. The van der Waals surface area contributed by atoms with E-state index in [2.05, 4.69) is 9.97 Å². The molecule has 0 bridgehead atoms. The molecule has 0 aromatic carbocycles. The highest BCUT2D eigenvalue weighted by Gasteiger charge is 2.14. The predicted octanol–water partition coefficient (Wildman–Crippen LogP) is 0.946. The zero-order valence-electron chi connectivity index (χ0n) is 11.1. The van der Waals surface area contributed by atoms with Gasteiger partial charge in [0.2, 0.25) is 0 Å². The van der Waals surface area contributed by atoms with Crippen LogP contribution in [-0.4, -0.2) is 48.8 Å². The number of carbonyl (C=O) groups is 1. The molecule has 0 spiro atoms. The molecule has 0 amide bonds. The minimum Gasteiger partial charge on any atom is -0.462 e. The minimum atomic E-state index is -0.525. The first-order valence-corrected chi connectivity index (χ1v) is 6.58. The largest absolute Gasteiger partial charge is 0.462 e. The number of esters is 1. The molecule has 0 aliphatic rings. The quantitative estimate of drug-likeness (QED) is 0.342. The molecule has 8 heteroatoms. The second kappa shape index (κ2) is 7.93. The van der Waals surface area contributed by atoms with Gasteiger partial charge in [0, 0.05) is 20.4 Å². The van der Waals surface area contributed by atoms with Crippen LogP contribution in [-0.2, 0) is 14.2 Å². The third-order valence-electron chi connectivity index (χ3n) is 2.17. The van der Waals surface area contributed by atoms with Crippen LogP contribution in [0.1, 0.15) is 17.3 Å². The Labute approximate surface area is 115 Å². The fourth-order valence-corrected chi connectivity index (χ4v) is 2.04. The number of rotatable bonds is 7. The number of hydrogen-bond acceptors (Lipinski definition) is 8. The summed E-state index contributed by atoms with van der Waals surface area (Å²) in [4.78, 5) is 19.6. The number of nitrogen functional groups attached to an aromatic ring is 1. The molecule has 1 heterocycles. The molecule has 0 saturated carbocycles. The lowest BCUT2D eigenvalue weighted by Crippen LogP contribution is -2.16. The van der Waals surface area contributed by atoms with Gasteiger partial charge >= 0.3 is 5.97 Å². The van der Waals surface area contributed by atoms with Gasteiger partial charge in [-0.3, -0.25) is 0 Å². The molecule has 7 nitrogen and oxygen atoms in total. The average molecular weight is 287 g/mol. The zero-order valence-corrected chi connectivity index (χ0v) is 11.9. The topological polar surface area (TPSA) is 96.6 Å². The summed E-state index contributed by atoms with van der Waals surface area (Å²) in [6.45, 7) is 1.99. The van der Waals surface area contributed by atoms with E-state index >= 15 is 0 Å². The molecule has 0 fully saturated rings. The first-order chi connectivity index (χ1) is 9.12. The highest BCUT2D eigenvalue weighted by Crippen LogP contribution is 2.18. The molecule has 0 radical (unpaired) electrons. The lowest BCUT2D eigenvalue weighted by molar-refractivity contribution is -0.0842. The van der Waals surface area contributed by atoms with Gasteiger partial charge in [-0.1, -0.05) is 11.8 Å². The van der Waals surface area contributed by atoms with Crippen LogP contribution in [0.25, 0.3) is 0 Å². The molecule has 0 aliphatic heterocycles. The average Bonchev–Trinajstić information content (AvgIpc) is 2.40. The summed E-state index contributed by atoms with van der Waals surface area (Å²) >= 11 is 1.32. The maximum atomic E-state index is 11.5. The van der Waals surface area contributed by atoms with Gasteiger partial charge in [0.15, 0.2) is 11.4 Å². The minimum absolute atomic E-state index is 0.0994. The van der Waals surface area contributed by atoms with Gasteiger partial charge < -0.3 is 19.9 Å². The molecular formula is C11H17N3O4S. The number of thioether (sulfide) groups is 1. The third-order valence-corrected chi connectivity index (χ3v) is 3.06. The van der Waals surface area contributed by atoms with Crippen LogP contribution < -0.4 is 5.73 Å². The van der Waals surface area contributed by atoms with Crippen molar-refractivity contribution in [3.63, 3.8) is 0 Å². The van der Waals surface area contributed by atoms with E-state index in [-0.39, 0.29) is 24.3 Å². The van der Waals surface area contributed by atoms with Crippen LogP contribution in [0.2, 0.25) is 0 Å². The second-order valence-electron chi connectivity index (χ2n) is 3.38. The van der Waals surface area contributed by atoms with Crippen molar-refractivity contribution in [2.75, 3.05) is 32.3 Å². The van der Waals surface area contributed by atoms with Crippen molar-refractivity contribution in [2.24, 2.45) is 0 Å². The van der Waals surface area contributed by atoms with Gasteiger partial charge in [0.05, 0.1) is 12.4 Å². The smallest absolute Gasteiger partial charge is 0.343 e. The zero-order chi connectivity index (χ0) is 14.3. The number of aromatic nitrogens is 2. The van der Waals surface area contributed by atoms with E-state index in [0.29, 0.717) is 10.9 Å². The Morgan fingerprint density at radius 3 is 2.68 bits per heavy atom. The Kier molecular flexibility index (Phi) is 6.54. The highest BCUT2D eigenvalue weighted by molar-refractivity contribution is 7.99. The van der Waals surface area contributed by atoms with E-state index in [1.54, 1.807) is 21.1 Å². The number of ether oxygens (including phenoxy) is 3. The molecule has 1 aromatic heterocycles. The number of hydrogen-bond donors (Lipinski definition) is 1. The summed E-state index contributed by atoms with van der Waals surface area (Å²) in [6.07, 6.45) is 1.01. The van der Waals surface area contributed by atoms with Gasteiger partial charge in [-0.25, -0.2) is 14.8 Å². The highest BCUT2D eigenvalue weighted by atomic mass is 32.2. The van der Waals surface area contributed by atoms with Crippen LogP contribution in [0.3, 0.4) is 0 Å². The predicted molar refractivity (Wildman–Crippen MR) is 70.9 cm³/mol. The van der Waals surface area contributed by atoms with Crippen molar-refractivity contribution < 1.29 is 19.0 Å². The van der Waals surface area contributed by atoms with Crippen LogP contribution in [0, 0.1) is 0 Å². The summed E-state index contributed by atoms with van der Waals surface area (Å²) in [6, 6.07) is 0. The lowest BCUT2D eigenvalue weighted by Gasteiger charge is -2.12. The molecule has 0 saturated heterocycles. The van der Waals surface area contributed by atoms with Crippen molar-refractivity contribution in [3.8, 4) is 0 Å². The van der Waals surface area contributed by atoms with E-state index < -0.39 is 5.97 Å². The van der Waals surface area contributed by atoms with E-state index in [9.17, 15) is 4.79 Å². The van der Waals surface area contributed by atoms with Gasteiger partial charge in [-0.05, 0) is 6.92 Å². The third kappa shape index (κ3) is 4.66. The first kappa shape index (κ1) is 15.7. The monoisotopic (exact) mass is 287 g/mol. The summed E-state index contributed by atoms with van der Waals surface area (Å²) in [5.74, 6) is 0.0936. The molecule has 0 aliphatic carbocycles. The summed E-state index contributed by atoms with van der Waals surface area (Å²) in [5, 5.41) is 0.449. The van der Waals surface area contributed by atoms with Crippen LogP contribution >= 0.6 is 11.8 Å². The standard InChI is InChI=1S/C11H17N3O4S/c1-4-18-10(15)7-5-13-11(14-9(7)12)19-6-8(16-2)17-3/h5,8H,4,6H2,1-3H3,(H2,12,13,14). The van der Waals surface area contributed by atoms with Crippen molar-refractivity contribution in [1.82, 2.24) is 9.97 Å². The van der Waals surface area contributed by atoms with Gasteiger partial charge in [-0.2, -0.15) is 0 Å². The van der Waals surface area contributed by atoms with Crippen LogP contribution in [0.15, 0.2) is 11.4 Å². The van der Waals surface area contributed by atoms with Crippen LogP contribution in [0.5, 0.6) is 0 Å². The summed E-state index contributed by atoms with van der Waals surface area (Å²) in [5.41, 5.74) is 5.86. The van der Waals surface area contributed by atoms with Crippen molar-refractivity contribution >= 4 is 23.5 Å². The molecule has 0 atom stereocenters. The van der Waals surface area contributed by atoms with E-state index in [1.807, 2.05) is 0 Å². The number of methoxy groups -OCH3 is 2. The Bertz CT molecular complexity index is 426. The Morgan fingerprint density at radius 1 is 1.47 bits per heavy atom. The van der Waals surface area contributed by atoms with Crippen molar-refractivity contribution in [1.29, 1.82) is 0 Å². The fraction of sp³-hybridized carbons (Fsp3) is 0.545. The normalized spacial score (nSPS) is 10.7. The molecule has 0 unspecified atom stereocenters. The SMILES string of the molecule is CCOC(=O)c1cnc(SCC(OC)OC)nc1N. The van der Waals surface area contributed by atoms with Crippen LogP contribution in [0.4, 0.5) is 5.82 Å².